The van der Waals surface area contributed by atoms with Gasteiger partial charge in [0.2, 0.25) is 17.7 Å². The number of benzene rings is 2. The number of anilines is 1. The first-order valence-corrected chi connectivity index (χ1v) is 11.3. The molecular formula is C25H25ClN2O3. The fraction of sp³-hybridized carbons (Fsp3) is 0.400. The van der Waals surface area contributed by atoms with E-state index in [1.165, 1.54) is 4.90 Å². The fourth-order valence-electron chi connectivity index (χ4n) is 5.82. The average Bonchev–Trinajstić information content (AvgIpc) is 3.44. The third-order valence-corrected chi connectivity index (χ3v) is 7.54. The van der Waals surface area contributed by atoms with E-state index in [4.69, 9.17) is 11.6 Å². The third-order valence-electron chi connectivity index (χ3n) is 7.31. The van der Waals surface area contributed by atoms with E-state index in [-0.39, 0.29) is 41.4 Å². The van der Waals surface area contributed by atoms with Crippen molar-refractivity contribution in [1.29, 1.82) is 0 Å². The molecule has 5 rings (SSSR count). The van der Waals surface area contributed by atoms with Gasteiger partial charge in [0.05, 0.1) is 11.8 Å². The highest BCUT2D eigenvalue weighted by molar-refractivity contribution is 6.31. The molecule has 2 aliphatic carbocycles. The predicted molar refractivity (Wildman–Crippen MR) is 118 cm³/mol. The van der Waals surface area contributed by atoms with Crippen molar-refractivity contribution in [3.05, 3.63) is 64.7 Å². The highest BCUT2D eigenvalue weighted by Gasteiger charge is 2.62. The largest absolute Gasteiger partial charge is 0.324 e. The summed E-state index contributed by atoms with van der Waals surface area (Å²) in [5.74, 6) is -0.611. The van der Waals surface area contributed by atoms with Gasteiger partial charge in [0, 0.05) is 17.1 Å². The summed E-state index contributed by atoms with van der Waals surface area (Å²) in [6, 6.07) is 13.9. The van der Waals surface area contributed by atoms with Gasteiger partial charge in [-0.2, -0.15) is 0 Å². The first-order valence-electron chi connectivity index (χ1n) is 10.9. The summed E-state index contributed by atoms with van der Waals surface area (Å²) >= 11 is 6.12. The molecule has 3 fully saturated rings. The lowest BCUT2D eigenvalue weighted by Gasteiger charge is -2.27. The Morgan fingerprint density at radius 3 is 2.35 bits per heavy atom. The molecule has 0 radical (unpaired) electrons. The maximum Gasteiger partial charge on any atom is 0.248 e. The number of aryl methyl sites for hydroxylation is 1. The van der Waals surface area contributed by atoms with Crippen molar-refractivity contribution in [2.24, 2.45) is 23.7 Å². The Morgan fingerprint density at radius 2 is 1.71 bits per heavy atom. The molecule has 2 aromatic carbocycles. The second-order valence-corrected chi connectivity index (χ2v) is 9.52. The van der Waals surface area contributed by atoms with Crippen LogP contribution in [0.5, 0.6) is 0 Å². The van der Waals surface area contributed by atoms with Gasteiger partial charge in [-0.05, 0) is 61.3 Å². The Labute approximate surface area is 186 Å². The predicted octanol–water partition coefficient (Wildman–Crippen LogP) is 4.23. The molecule has 2 aromatic rings. The monoisotopic (exact) mass is 436 g/mol. The number of imide groups is 1. The highest BCUT2D eigenvalue weighted by atomic mass is 35.5. The van der Waals surface area contributed by atoms with E-state index in [1.54, 1.807) is 12.1 Å². The van der Waals surface area contributed by atoms with Crippen LogP contribution in [-0.4, -0.2) is 28.7 Å². The van der Waals surface area contributed by atoms with Gasteiger partial charge < -0.3 is 5.32 Å². The van der Waals surface area contributed by atoms with E-state index in [0.29, 0.717) is 17.1 Å². The third kappa shape index (κ3) is 3.45. The minimum atomic E-state index is -0.884. The number of likely N-dealkylation sites (tertiary alicyclic amines) is 1. The molecular weight excluding hydrogens is 412 g/mol. The van der Waals surface area contributed by atoms with Crippen molar-refractivity contribution in [3.8, 4) is 0 Å². The SMILES string of the molecule is Cc1ccc(Cl)cc1NC(=O)[C@H](Cc1ccccc1)N1C(=O)[C@@H]2[C@H]3CC[C@@H](C3)[C@H]2C1=O. The Hall–Kier alpha value is -2.66. The molecule has 2 bridgehead atoms. The molecule has 3 aliphatic rings. The van der Waals surface area contributed by atoms with Crippen LogP contribution in [0.2, 0.25) is 5.02 Å². The van der Waals surface area contributed by atoms with E-state index in [0.717, 1.165) is 30.4 Å². The Bertz CT molecular complexity index is 1030. The van der Waals surface area contributed by atoms with E-state index >= 15 is 0 Å². The van der Waals surface area contributed by atoms with Crippen LogP contribution >= 0.6 is 11.6 Å². The normalized spacial score (nSPS) is 27.5. The lowest BCUT2D eigenvalue weighted by Crippen LogP contribution is -2.49. The van der Waals surface area contributed by atoms with E-state index in [1.807, 2.05) is 43.3 Å². The van der Waals surface area contributed by atoms with Crippen LogP contribution in [0.25, 0.3) is 0 Å². The van der Waals surface area contributed by atoms with Gasteiger partial charge in [-0.1, -0.05) is 48.0 Å². The van der Waals surface area contributed by atoms with Gasteiger partial charge in [0.25, 0.3) is 0 Å². The lowest BCUT2D eigenvalue weighted by molar-refractivity contribution is -0.147. The summed E-state index contributed by atoms with van der Waals surface area (Å²) < 4.78 is 0. The van der Waals surface area contributed by atoms with Crippen LogP contribution in [0.4, 0.5) is 5.69 Å². The van der Waals surface area contributed by atoms with Crippen LogP contribution < -0.4 is 5.32 Å². The Morgan fingerprint density at radius 1 is 1.06 bits per heavy atom. The van der Waals surface area contributed by atoms with Crippen LogP contribution in [0.15, 0.2) is 48.5 Å². The van der Waals surface area contributed by atoms with E-state index < -0.39 is 6.04 Å². The van der Waals surface area contributed by atoms with Crippen LogP contribution in [0.1, 0.15) is 30.4 Å². The average molecular weight is 437 g/mol. The number of rotatable bonds is 5. The molecule has 0 spiro atoms. The molecule has 1 aliphatic heterocycles. The van der Waals surface area contributed by atoms with E-state index in [2.05, 4.69) is 5.32 Å². The Kier molecular flexibility index (Phi) is 5.09. The van der Waals surface area contributed by atoms with Gasteiger partial charge in [-0.25, -0.2) is 0 Å². The van der Waals surface area contributed by atoms with Crippen LogP contribution in [-0.2, 0) is 20.8 Å². The standard InChI is InChI=1S/C25H25ClN2O3/c1-14-7-10-18(26)13-19(14)27-23(29)20(11-15-5-3-2-4-6-15)28-24(30)21-16-8-9-17(12-16)22(21)25(28)31/h2-7,10,13,16-17,20-22H,8-9,11-12H2,1H3,(H,27,29)/t16-,17-,20-,21+,22+/m0/s1. The van der Waals surface area contributed by atoms with Gasteiger partial charge in [0.1, 0.15) is 6.04 Å². The number of halogens is 1. The smallest absolute Gasteiger partial charge is 0.248 e. The van der Waals surface area contributed by atoms with Crippen molar-refractivity contribution in [2.75, 3.05) is 5.32 Å². The van der Waals surface area contributed by atoms with Crippen molar-refractivity contribution in [2.45, 2.75) is 38.6 Å². The summed E-state index contributed by atoms with van der Waals surface area (Å²) in [7, 11) is 0. The zero-order valence-electron chi connectivity index (χ0n) is 17.4. The summed E-state index contributed by atoms with van der Waals surface area (Å²) in [5.41, 5.74) is 2.37. The quantitative estimate of drug-likeness (QED) is 0.713. The second-order valence-electron chi connectivity index (χ2n) is 9.09. The molecule has 0 unspecified atom stereocenters. The first kappa shape index (κ1) is 20.3. The zero-order chi connectivity index (χ0) is 21.7. The van der Waals surface area contributed by atoms with Crippen LogP contribution in [0, 0.1) is 30.6 Å². The topological polar surface area (TPSA) is 66.5 Å². The van der Waals surface area contributed by atoms with Crippen molar-refractivity contribution in [3.63, 3.8) is 0 Å². The zero-order valence-corrected chi connectivity index (χ0v) is 18.1. The minimum absolute atomic E-state index is 0.166. The number of carbonyl (C=O) groups is 3. The molecule has 6 heteroatoms. The number of amides is 3. The summed E-state index contributed by atoms with van der Waals surface area (Å²) in [5, 5.41) is 3.44. The molecule has 1 saturated heterocycles. The van der Waals surface area contributed by atoms with Gasteiger partial charge in [0.15, 0.2) is 0 Å². The van der Waals surface area contributed by atoms with E-state index in [9.17, 15) is 14.4 Å². The maximum absolute atomic E-state index is 13.5. The molecule has 31 heavy (non-hydrogen) atoms. The highest BCUT2D eigenvalue weighted by Crippen LogP contribution is 2.56. The van der Waals surface area contributed by atoms with Gasteiger partial charge in [-0.3, -0.25) is 19.3 Å². The molecule has 2 saturated carbocycles. The number of nitrogens with zero attached hydrogens (tertiary/aromatic N) is 1. The molecule has 1 N–H and O–H groups in total. The summed E-state index contributed by atoms with van der Waals surface area (Å²) in [6.07, 6.45) is 3.28. The molecule has 5 nitrogen and oxygen atoms in total. The van der Waals surface area contributed by atoms with Crippen LogP contribution in [0.3, 0.4) is 0 Å². The van der Waals surface area contributed by atoms with Gasteiger partial charge in [-0.15, -0.1) is 0 Å². The summed E-state index contributed by atoms with van der Waals surface area (Å²) in [4.78, 5) is 41.5. The fourth-order valence-corrected chi connectivity index (χ4v) is 5.99. The van der Waals surface area contributed by atoms with Crippen molar-refractivity contribution >= 4 is 35.0 Å². The molecule has 0 aromatic heterocycles. The Balaban J connectivity index is 1.47. The first-order chi connectivity index (χ1) is 14.9. The molecule has 5 atom stereocenters. The summed E-state index contributed by atoms with van der Waals surface area (Å²) in [6.45, 7) is 1.88. The van der Waals surface area contributed by atoms with Crippen molar-refractivity contribution in [1.82, 2.24) is 4.90 Å². The van der Waals surface area contributed by atoms with Crippen molar-refractivity contribution < 1.29 is 14.4 Å². The number of nitrogens with one attached hydrogen (secondary N) is 1. The maximum atomic E-state index is 13.5. The second kappa shape index (κ2) is 7.79. The number of carbonyl (C=O) groups excluding carboxylic acids is 3. The minimum Gasteiger partial charge on any atom is -0.324 e. The lowest BCUT2D eigenvalue weighted by atomic mass is 9.81. The number of hydrogen-bond acceptors (Lipinski definition) is 3. The molecule has 1 heterocycles. The van der Waals surface area contributed by atoms with Gasteiger partial charge >= 0.3 is 0 Å². The molecule has 3 amide bonds. The number of fused-ring (bicyclic) bond motifs is 5. The molecule has 160 valence electrons. The number of hydrogen-bond donors (Lipinski definition) is 1.